The molecule has 2 atom stereocenters. The van der Waals surface area contributed by atoms with Gasteiger partial charge in [0.2, 0.25) is 5.91 Å². The number of furan rings is 1. The molecule has 1 saturated heterocycles. The molecule has 0 unspecified atom stereocenters. The number of nitrogens with one attached hydrogen (secondary N) is 1. The molecule has 1 amide bonds. The molecule has 1 fully saturated rings. The normalized spacial score (nSPS) is 23.1. The first-order valence-corrected chi connectivity index (χ1v) is 7.29. The van der Waals surface area contributed by atoms with E-state index in [9.17, 15) is 9.90 Å². The molecule has 0 spiro atoms. The number of aliphatic hydroxyl groups is 1. The third-order valence-electron chi connectivity index (χ3n) is 3.37. The van der Waals surface area contributed by atoms with Crippen molar-refractivity contribution in [2.45, 2.75) is 25.0 Å². The van der Waals surface area contributed by atoms with Gasteiger partial charge in [-0.15, -0.1) is 0 Å². The molecule has 112 valence electrons. The molecular formula is C13H19BrN2O4. The summed E-state index contributed by atoms with van der Waals surface area (Å²) in [5.74, 6) is 0.705. The Labute approximate surface area is 126 Å². The summed E-state index contributed by atoms with van der Waals surface area (Å²) in [7, 11) is 1.49. The predicted molar refractivity (Wildman–Crippen MR) is 76.1 cm³/mol. The fourth-order valence-electron chi connectivity index (χ4n) is 2.51. The van der Waals surface area contributed by atoms with E-state index >= 15 is 0 Å². The zero-order chi connectivity index (χ0) is 14.5. The van der Waals surface area contributed by atoms with E-state index in [2.05, 4.69) is 26.1 Å². The topological polar surface area (TPSA) is 74.9 Å². The quantitative estimate of drug-likeness (QED) is 0.794. The van der Waals surface area contributed by atoms with Gasteiger partial charge in [0.05, 0.1) is 13.2 Å². The van der Waals surface area contributed by atoms with Crippen molar-refractivity contribution in [1.29, 1.82) is 0 Å². The third-order valence-corrected chi connectivity index (χ3v) is 3.79. The van der Waals surface area contributed by atoms with Crippen LogP contribution < -0.4 is 5.32 Å². The number of likely N-dealkylation sites (tertiary alicyclic amines) is 1. The molecule has 0 bridgehead atoms. The third kappa shape index (κ3) is 4.05. The Balaban J connectivity index is 1.90. The second-order valence-electron chi connectivity index (χ2n) is 4.90. The molecule has 0 aliphatic carbocycles. The number of rotatable bonds is 6. The monoisotopic (exact) mass is 346 g/mol. The molecule has 20 heavy (non-hydrogen) atoms. The Hall–Kier alpha value is -0.890. The van der Waals surface area contributed by atoms with Gasteiger partial charge in [-0.25, -0.2) is 0 Å². The molecule has 2 N–H and O–H groups in total. The van der Waals surface area contributed by atoms with Crippen LogP contribution in [-0.4, -0.2) is 54.9 Å². The van der Waals surface area contributed by atoms with Gasteiger partial charge in [0.1, 0.15) is 12.4 Å². The number of nitrogens with zero attached hydrogens (tertiary/aromatic N) is 1. The van der Waals surface area contributed by atoms with Crippen LogP contribution in [0.1, 0.15) is 12.2 Å². The first-order valence-electron chi connectivity index (χ1n) is 6.49. The summed E-state index contributed by atoms with van der Waals surface area (Å²) >= 11 is 3.27. The molecule has 0 aromatic carbocycles. The zero-order valence-electron chi connectivity index (χ0n) is 11.3. The Bertz CT molecular complexity index is 451. The Kier molecular flexibility index (Phi) is 5.59. The molecule has 7 heteroatoms. The van der Waals surface area contributed by atoms with E-state index < -0.39 is 0 Å². The fourth-order valence-corrected chi connectivity index (χ4v) is 2.85. The van der Waals surface area contributed by atoms with Crippen LogP contribution in [0.2, 0.25) is 0 Å². The Morgan fingerprint density at radius 3 is 3.05 bits per heavy atom. The van der Waals surface area contributed by atoms with Crippen LogP contribution in [-0.2, 0) is 16.1 Å². The largest absolute Gasteiger partial charge is 0.453 e. The minimum absolute atomic E-state index is 0.0340. The number of carbonyl (C=O) groups is 1. The van der Waals surface area contributed by atoms with Gasteiger partial charge in [-0.1, -0.05) is 0 Å². The maximum atomic E-state index is 11.5. The first kappa shape index (κ1) is 15.5. The van der Waals surface area contributed by atoms with Gasteiger partial charge in [-0.2, -0.15) is 0 Å². The van der Waals surface area contributed by atoms with E-state index in [1.54, 1.807) is 0 Å². The summed E-state index contributed by atoms with van der Waals surface area (Å²) < 4.78 is 11.0. The summed E-state index contributed by atoms with van der Waals surface area (Å²) in [6.07, 6.45) is 0.730. The SMILES string of the molecule is COCC(=O)N[C@H]1C[C@@H](CO)N(Cc2ccc(Br)o2)C1. The van der Waals surface area contributed by atoms with Crippen LogP contribution >= 0.6 is 15.9 Å². The lowest BCUT2D eigenvalue weighted by Gasteiger charge is -2.20. The predicted octanol–water partition coefficient (Wildman–Crippen LogP) is 0.740. The summed E-state index contributed by atoms with van der Waals surface area (Å²) in [6.45, 7) is 1.44. The lowest BCUT2D eigenvalue weighted by Crippen LogP contribution is -2.38. The molecule has 1 aromatic heterocycles. The second-order valence-corrected chi connectivity index (χ2v) is 5.69. The number of ether oxygens (including phenoxy) is 1. The van der Waals surface area contributed by atoms with Crippen LogP contribution in [0, 0.1) is 0 Å². The molecule has 1 aliphatic rings. The van der Waals surface area contributed by atoms with Crippen molar-refractivity contribution in [3.63, 3.8) is 0 Å². The van der Waals surface area contributed by atoms with E-state index in [0.29, 0.717) is 17.8 Å². The van der Waals surface area contributed by atoms with Crippen molar-refractivity contribution in [3.05, 3.63) is 22.6 Å². The average Bonchev–Trinajstić information content (AvgIpc) is 2.96. The molecule has 2 rings (SSSR count). The minimum Gasteiger partial charge on any atom is -0.453 e. The Morgan fingerprint density at radius 2 is 2.45 bits per heavy atom. The summed E-state index contributed by atoms with van der Waals surface area (Å²) in [6, 6.07) is 3.81. The number of aliphatic hydroxyl groups excluding tert-OH is 1. The molecule has 1 aliphatic heterocycles. The van der Waals surface area contributed by atoms with E-state index in [0.717, 1.165) is 12.2 Å². The summed E-state index contributed by atoms with van der Waals surface area (Å²) in [5, 5.41) is 12.4. The molecule has 1 aromatic rings. The average molecular weight is 347 g/mol. The van der Waals surface area contributed by atoms with Crippen molar-refractivity contribution in [1.82, 2.24) is 10.2 Å². The number of amides is 1. The van der Waals surface area contributed by atoms with E-state index in [1.165, 1.54) is 7.11 Å². The second kappa shape index (κ2) is 7.21. The van der Waals surface area contributed by atoms with Crippen LogP contribution in [0.25, 0.3) is 0 Å². The fraction of sp³-hybridized carbons (Fsp3) is 0.615. The van der Waals surface area contributed by atoms with Crippen molar-refractivity contribution in [3.8, 4) is 0 Å². The number of hydrogen-bond donors (Lipinski definition) is 2. The van der Waals surface area contributed by atoms with E-state index in [-0.39, 0.29) is 31.2 Å². The highest BCUT2D eigenvalue weighted by molar-refractivity contribution is 9.10. The number of halogens is 1. The number of methoxy groups -OCH3 is 1. The Morgan fingerprint density at radius 1 is 1.65 bits per heavy atom. The lowest BCUT2D eigenvalue weighted by molar-refractivity contribution is -0.125. The molecule has 6 nitrogen and oxygen atoms in total. The maximum Gasteiger partial charge on any atom is 0.246 e. The molecule has 0 saturated carbocycles. The van der Waals surface area contributed by atoms with E-state index in [4.69, 9.17) is 9.15 Å². The highest BCUT2D eigenvalue weighted by Crippen LogP contribution is 2.22. The summed E-state index contributed by atoms with van der Waals surface area (Å²) in [5.41, 5.74) is 0. The van der Waals surface area contributed by atoms with Gasteiger partial charge in [0.15, 0.2) is 4.67 Å². The number of carbonyl (C=O) groups excluding carboxylic acids is 1. The van der Waals surface area contributed by atoms with Gasteiger partial charge in [-0.3, -0.25) is 9.69 Å². The highest BCUT2D eigenvalue weighted by Gasteiger charge is 2.32. The standard InChI is InChI=1S/C13H19BrN2O4/c1-19-8-13(18)15-9-4-10(7-17)16(5-9)6-11-2-3-12(14)20-11/h2-3,9-10,17H,4-8H2,1H3,(H,15,18)/t9-,10-/m0/s1. The van der Waals surface area contributed by atoms with Crippen LogP contribution in [0.15, 0.2) is 21.2 Å². The first-order chi connectivity index (χ1) is 9.62. The maximum absolute atomic E-state index is 11.5. The van der Waals surface area contributed by atoms with E-state index in [1.807, 2.05) is 12.1 Å². The van der Waals surface area contributed by atoms with Crippen molar-refractivity contribution in [2.75, 3.05) is 26.9 Å². The van der Waals surface area contributed by atoms with Gasteiger partial charge >= 0.3 is 0 Å². The van der Waals surface area contributed by atoms with Crippen LogP contribution in [0.5, 0.6) is 0 Å². The van der Waals surface area contributed by atoms with Crippen molar-refractivity contribution < 1.29 is 19.1 Å². The lowest BCUT2D eigenvalue weighted by atomic mass is 10.2. The van der Waals surface area contributed by atoms with Crippen LogP contribution in [0.3, 0.4) is 0 Å². The smallest absolute Gasteiger partial charge is 0.246 e. The highest BCUT2D eigenvalue weighted by atomic mass is 79.9. The van der Waals surface area contributed by atoms with Gasteiger partial charge in [-0.05, 0) is 34.5 Å². The van der Waals surface area contributed by atoms with Crippen molar-refractivity contribution in [2.24, 2.45) is 0 Å². The van der Waals surface area contributed by atoms with Gasteiger partial charge in [0.25, 0.3) is 0 Å². The van der Waals surface area contributed by atoms with Gasteiger partial charge < -0.3 is 19.6 Å². The van der Waals surface area contributed by atoms with Crippen molar-refractivity contribution >= 4 is 21.8 Å². The zero-order valence-corrected chi connectivity index (χ0v) is 12.9. The molecular weight excluding hydrogens is 328 g/mol. The van der Waals surface area contributed by atoms with Crippen LogP contribution in [0.4, 0.5) is 0 Å². The summed E-state index contributed by atoms with van der Waals surface area (Å²) in [4.78, 5) is 13.6. The van der Waals surface area contributed by atoms with Gasteiger partial charge in [0, 0.05) is 25.7 Å². The molecule has 0 radical (unpaired) electrons. The minimum atomic E-state index is -0.128. The number of hydrogen-bond acceptors (Lipinski definition) is 5. The molecule has 2 heterocycles.